The van der Waals surface area contributed by atoms with Crippen LogP contribution < -0.4 is 0 Å². The van der Waals surface area contributed by atoms with Gasteiger partial charge < -0.3 is 35.3 Å². The standard InChI is InChI=1S/C14H28N2O7/c17-8-4-15(5-9-18)13(22)3-1-2-12(21)14(23)16(6-10-19)7-11-20/h12,17-21H,1-11H2. The zero-order chi connectivity index (χ0) is 17.7. The number of hydrogen-bond donors (Lipinski definition) is 5. The maximum absolute atomic E-state index is 11.9. The first kappa shape index (κ1) is 21.7. The molecule has 0 aliphatic heterocycles. The number of aliphatic hydroxyl groups is 5. The van der Waals surface area contributed by atoms with Crippen molar-refractivity contribution in [1.29, 1.82) is 0 Å². The van der Waals surface area contributed by atoms with Crippen molar-refractivity contribution in [2.45, 2.75) is 25.4 Å². The Morgan fingerprint density at radius 1 is 0.783 bits per heavy atom. The average molecular weight is 336 g/mol. The highest BCUT2D eigenvalue weighted by Gasteiger charge is 2.22. The molecule has 0 heterocycles. The van der Waals surface area contributed by atoms with Crippen molar-refractivity contribution in [2.75, 3.05) is 52.6 Å². The molecule has 0 aromatic heterocycles. The average Bonchev–Trinajstić information content (AvgIpc) is 2.53. The fourth-order valence-corrected chi connectivity index (χ4v) is 2.12. The van der Waals surface area contributed by atoms with Gasteiger partial charge in [0.1, 0.15) is 6.10 Å². The smallest absolute Gasteiger partial charge is 0.251 e. The van der Waals surface area contributed by atoms with Gasteiger partial charge in [-0.05, 0) is 12.8 Å². The molecule has 0 saturated carbocycles. The maximum Gasteiger partial charge on any atom is 0.251 e. The number of carbonyl (C=O) groups is 2. The summed E-state index contributed by atoms with van der Waals surface area (Å²) < 4.78 is 0. The minimum absolute atomic E-state index is 0.0240. The highest BCUT2D eigenvalue weighted by Crippen LogP contribution is 2.07. The first-order chi connectivity index (χ1) is 11.0. The van der Waals surface area contributed by atoms with Crippen molar-refractivity contribution in [3.8, 4) is 0 Å². The number of rotatable bonds is 13. The van der Waals surface area contributed by atoms with E-state index < -0.39 is 12.0 Å². The Morgan fingerprint density at radius 3 is 1.65 bits per heavy atom. The maximum atomic E-state index is 11.9. The minimum Gasteiger partial charge on any atom is -0.395 e. The van der Waals surface area contributed by atoms with Crippen molar-refractivity contribution >= 4 is 11.8 Å². The molecule has 0 rings (SSSR count). The molecule has 0 aliphatic carbocycles. The molecule has 0 aromatic carbocycles. The Bertz CT molecular complexity index is 329. The summed E-state index contributed by atoms with van der Waals surface area (Å²) in [5.41, 5.74) is 0. The normalized spacial score (nSPS) is 12.0. The van der Waals surface area contributed by atoms with Gasteiger partial charge >= 0.3 is 0 Å². The van der Waals surface area contributed by atoms with Gasteiger partial charge in [0.25, 0.3) is 5.91 Å². The van der Waals surface area contributed by atoms with Crippen molar-refractivity contribution in [1.82, 2.24) is 9.80 Å². The number of carbonyl (C=O) groups excluding carboxylic acids is 2. The molecule has 0 bridgehead atoms. The summed E-state index contributed by atoms with van der Waals surface area (Å²) in [5.74, 6) is -0.863. The Hall–Kier alpha value is -1.26. The Kier molecular flexibility index (Phi) is 12.5. The highest BCUT2D eigenvalue weighted by atomic mass is 16.3. The molecule has 5 N–H and O–H groups in total. The molecule has 9 heteroatoms. The van der Waals surface area contributed by atoms with Gasteiger partial charge in [0.05, 0.1) is 26.4 Å². The van der Waals surface area contributed by atoms with Crippen LogP contribution in [0.4, 0.5) is 0 Å². The van der Waals surface area contributed by atoms with Gasteiger partial charge in [-0.1, -0.05) is 0 Å². The number of aliphatic hydroxyl groups excluding tert-OH is 5. The van der Waals surface area contributed by atoms with Crippen molar-refractivity contribution in [2.24, 2.45) is 0 Å². The van der Waals surface area contributed by atoms with Gasteiger partial charge in [0.2, 0.25) is 5.91 Å². The molecule has 0 saturated heterocycles. The van der Waals surface area contributed by atoms with Crippen LogP contribution in [0.5, 0.6) is 0 Å². The summed E-state index contributed by atoms with van der Waals surface area (Å²) >= 11 is 0. The molecule has 23 heavy (non-hydrogen) atoms. The summed E-state index contributed by atoms with van der Waals surface area (Å²) in [5, 5.41) is 45.3. The van der Waals surface area contributed by atoms with Gasteiger partial charge in [-0.15, -0.1) is 0 Å². The third-order valence-electron chi connectivity index (χ3n) is 3.30. The van der Waals surface area contributed by atoms with Crippen molar-refractivity contribution in [3.63, 3.8) is 0 Å². The summed E-state index contributed by atoms with van der Waals surface area (Å²) in [6.45, 7) is -0.646. The molecule has 0 radical (unpaired) electrons. The quantitative estimate of drug-likeness (QED) is 0.244. The molecule has 1 atom stereocenters. The first-order valence-electron chi connectivity index (χ1n) is 7.69. The first-order valence-corrected chi connectivity index (χ1v) is 7.69. The van der Waals surface area contributed by atoms with Crippen LogP contribution >= 0.6 is 0 Å². The third kappa shape index (κ3) is 8.82. The van der Waals surface area contributed by atoms with Crippen molar-refractivity contribution in [3.05, 3.63) is 0 Å². The molecule has 0 fully saturated rings. The topological polar surface area (TPSA) is 142 Å². The third-order valence-corrected chi connectivity index (χ3v) is 3.30. The van der Waals surface area contributed by atoms with Gasteiger partial charge in [0, 0.05) is 32.6 Å². The van der Waals surface area contributed by atoms with Crippen LogP contribution in [-0.4, -0.2) is 106 Å². The van der Waals surface area contributed by atoms with Gasteiger partial charge in [-0.2, -0.15) is 0 Å². The fourth-order valence-electron chi connectivity index (χ4n) is 2.12. The van der Waals surface area contributed by atoms with Gasteiger partial charge in [-0.25, -0.2) is 0 Å². The molecule has 0 aliphatic rings. The lowest BCUT2D eigenvalue weighted by Crippen LogP contribution is -2.42. The second-order valence-electron chi connectivity index (χ2n) is 5.01. The second-order valence-corrected chi connectivity index (χ2v) is 5.01. The summed E-state index contributed by atoms with van der Waals surface area (Å²) in [6, 6.07) is 0. The van der Waals surface area contributed by atoms with Gasteiger partial charge in [-0.3, -0.25) is 9.59 Å². The van der Waals surface area contributed by atoms with Crippen LogP contribution in [-0.2, 0) is 9.59 Å². The van der Waals surface area contributed by atoms with E-state index in [1.54, 1.807) is 0 Å². The largest absolute Gasteiger partial charge is 0.395 e. The second kappa shape index (κ2) is 13.2. The number of hydrogen-bond acceptors (Lipinski definition) is 7. The van der Waals surface area contributed by atoms with Gasteiger partial charge in [0.15, 0.2) is 0 Å². The van der Waals surface area contributed by atoms with Crippen molar-refractivity contribution < 1.29 is 35.1 Å². The van der Waals surface area contributed by atoms with Crippen LogP contribution in [0.25, 0.3) is 0 Å². The van der Waals surface area contributed by atoms with Crippen LogP contribution in [0.2, 0.25) is 0 Å². The number of nitrogens with zero attached hydrogens (tertiary/aromatic N) is 2. The summed E-state index contributed by atoms with van der Waals surface area (Å²) in [6.07, 6.45) is -0.871. The summed E-state index contributed by atoms with van der Waals surface area (Å²) in [4.78, 5) is 26.3. The molecule has 0 spiro atoms. The molecular formula is C14H28N2O7. The minimum atomic E-state index is -1.30. The zero-order valence-electron chi connectivity index (χ0n) is 13.3. The Labute approximate surface area is 135 Å². The van der Waals surface area contributed by atoms with E-state index in [2.05, 4.69) is 0 Å². The monoisotopic (exact) mass is 336 g/mol. The lowest BCUT2D eigenvalue weighted by atomic mass is 10.1. The fraction of sp³-hybridized carbons (Fsp3) is 0.857. The lowest BCUT2D eigenvalue weighted by molar-refractivity contribution is -0.142. The van der Waals surface area contributed by atoms with E-state index in [0.717, 1.165) is 4.90 Å². The molecular weight excluding hydrogens is 308 g/mol. The van der Waals surface area contributed by atoms with E-state index >= 15 is 0 Å². The Morgan fingerprint density at radius 2 is 1.22 bits per heavy atom. The molecule has 2 amide bonds. The SMILES string of the molecule is O=C(CCCC(O)C(=O)N(CCO)CCO)N(CCO)CCO. The van der Waals surface area contributed by atoms with E-state index in [-0.39, 0.29) is 77.8 Å². The van der Waals surface area contributed by atoms with Crippen LogP contribution in [0, 0.1) is 0 Å². The van der Waals surface area contributed by atoms with Crippen LogP contribution in [0.15, 0.2) is 0 Å². The van der Waals surface area contributed by atoms with Crippen LogP contribution in [0.1, 0.15) is 19.3 Å². The van der Waals surface area contributed by atoms with E-state index in [0.29, 0.717) is 0 Å². The predicted octanol–water partition coefficient (Wildman–Crippen LogP) is -2.86. The number of amides is 2. The molecule has 1 unspecified atom stereocenters. The molecule has 0 aromatic rings. The summed E-state index contributed by atoms with van der Waals surface area (Å²) in [7, 11) is 0. The van der Waals surface area contributed by atoms with Crippen LogP contribution in [0.3, 0.4) is 0 Å². The molecule has 9 nitrogen and oxygen atoms in total. The van der Waals surface area contributed by atoms with E-state index in [9.17, 15) is 14.7 Å². The molecule has 136 valence electrons. The van der Waals surface area contributed by atoms with E-state index in [1.807, 2.05) is 0 Å². The predicted molar refractivity (Wildman–Crippen MR) is 81.4 cm³/mol. The van der Waals surface area contributed by atoms with E-state index in [4.69, 9.17) is 20.4 Å². The zero-order valence-corrected chi connectivity index (χ0v) is 13.3. The van der Waals surface area contributed by atoms with E-state index in [1.165, 1.54) is 4.90 Å². The Balaban J connectivity index is 4.27. The lowest BCUT2D eigenvalue weighted by Gasteiger charge is -2.24. The highest BCUT2D eigenvalue weighted by molar-refractivity contribution is 5.81.